The minimum atomic E-state index is -3.20. The van der Waals surface area contributed by atoms with Gasteiger partial charge >= 0.3 is 0 Å². The Bertz CT molecular complexity index is 342. The van der Waals surface area contributed by atoms with Crippen molar-refractivity contribution in [2.24, 2.45) is 0 Å². The first-order chi connectivity index (χ1) is 8.02. The van der Waals surface area contributed by atoms with Crippen LogP contribution in [0.5, 0.6) is 0 Å². The van der Waals surface area contributed by atoms with E-state index in [0.717, 1.165) is 0 Å². The van der Waals surface area contributed by atoms with E-state index in [-0.39, 0.29) is 11.0 Å². The molecule has 2 heterocycles. The maximum Gasteiger partial charge on any atom is 0.156 e. The molecule has 2 rings (SSSR count). The third-order valence-electron chi connectivity index (χ3n) is 3.68. The fraction of sp³-hybridized carbons (Fsp3) is 1.00. The number of sulfone groups is 1. The second-order valence-electron chi connectivity index (χ2n) is 5.09. The third-order valence-corrected chi connectivity index (χ3v) is 6.11. The van der Waals surface area contributed by atoms with Gasteiger partial charge < -0.3 is 15.2 Å². The maximum atomic E-state index is 12.2. The standard InChI is InChI=1S/C11H21NO4S/c13-11(3-5-12-6-4-11)9-17(14,15)10-1-7-16-8-2-10/h10,12-13H,1-9H2. The summed E-state index contributed by atoms with van der Waals surface area (Å²) in [5.41, 5.74) is -1.03. The highest BCUT2D eigenvalue weighted by Crippen LogP contribution is 2.25. The molecule has 0 atom stereocenters. The summed E-state index contributed by atoms with van der Waals surface area (Å²) in [6, 6.07) is 0. The van der Waals surface area contributed by atoms with Gasteiger partial charge in [0.05, 0.1) is 16.6 Å². The first kappa shape index (κ1) is 13.3. The second kappa shape index (κ2) is 5.22. The highest BCUT2D eigenvalue weighted by molar-refractivity contribution is 7.92. The molecular formula is C11H21NO4S. The molecule has 0 saturated carbocycles. The molecule has 0 aromatic rings. The summed E-state index contributed by atoms with van der Waals surface area (Å²) in [4.78, 5) is 0. The molecule has 0 bridgehead atoms. The van der Waals surface area contributed by atoms with Gasteiger partial charge in [-0.05, 0) is 38.8 Å². The van der Waals surface area contributed by atoms with E-state index in [1.54, 1.807) is 0 Å². The molecule has 0 aliphatic carbocycles. The summed E-state index contributed by atoms with van der Waals surface area (Å²) in [5.74, 6) is -0.0909. The third kappa shape index (κ3) is 3.40. The molecule has 2 saturated heterocycles. The molecule has 6 heteroatoms. The van der Waals surface area contributed by atoms with E-state index in [9.17, 15) is 13.5 Å². The highest BCUT2D eigenvalue weighted by Gasteiger charge is 2.38. The smallest absolute Gasteiger partial charge is 0.156 e. The molecule has 0 amide bonds. The van der Waals surface area contributed by atoms with Gasteiger partial charge in [0.2, 0.25) is 0 Å². The number of hydrogen-bond acceptors (Lipinski definition) is 5. The molecule has 2 aliphatic rings. The Balaban J connectivity index is 2.00. The van der Waals surface area contributed by atoms with E-state index in [4.69, 9.17) is 4.74 Å². The monoisotopic (exact) mass is 263 g/mol. The Morgan fingerprint density at radius 1 is 1.24 bits per heavy atom. The van der Waals surface area contributed by atoms with Gasteiger partial charge in [0.25, 0.3) is 0 Å². The lowest BCUT2D eigenvalue weighted by atomic mass is 9.95. The van der Waals surface area contributed by atoms with Crippen molar-refractivity contribution in [3.05, 3.63) is 0 Å². The Morgan fingerprint density at radius 3 is 2.41 bits per heavy atom. The van der Waals surface area contributed by atoms with Crippen LogP contribution in [-0.4, -0.2) is 56.4 Å². The molecule has 100 valence electrons. The van der Waals surface area contributed by atoms with Crippen molar-refractivity contribution in [2.75, 3.05) is 32.1 Å². The first-order valence-corrected chi connectivity index (χ1v) is 7.96. The van der Waals surface area contributed by atoms with Crippen molar-refractivity contribution in [1.82, 2.24) is 5.32 Å². The molecule has 2 aliphatic heterocycles. The number of ether oxygens (including phenoxy) is 1. The van der Waals surface area contributed by atoms with Gasteiger partial charge in [0.15, 0.2) is 9.84 Å². The fourth-order valence-electron chi connectivity index (χ4n) is 2.56. The molecule has 0 aromatic heterocycles. The van der Waals surface area contributed by atoms with Crippen molar-refractivity contribution in [2.45, 2.75) is 36.5 Å². The van der Waals surface area contributed by atoms with Crippen LogP contribution in [0, 0.1) is 0 Å². The summed E-state index contributed by atoms with van der Waals surface area (Å²) < 4.78 is 29.6. The summed E-state index contributed by atoms with van der Waals surface area (Å²) in [6.07, 6.45) is 2.18. The lowest BCUT2D eigenvalue weighted by Gasteiger charge is -2.34. The van der Waals surface area contributed by atoms with Crippen LogP contribution in [0.25, 0.3) is 0 Å². The summed E-state index contributed by atoms with van der Waals surface area (Å²) >= 11 is 0. The van der Waals surface area contributed by atoms with Gasteiger partial charge in [-0.3, -0.25) is 0 Å². The molecule has 2 fully saturated rings. The zero-order valence-corrected chi connectivity index (χ0v) is 10.8. The van der Waals surface area contributed by atoms with Crippen LogP contribution in [0.15, 0.2) is 0 Å². The molecule has 17 heavy (non-hydrogen) atoms. The van der Waals surface area contributed by atoms with Crippen LogP contribution in [-0.2, 0) is 14.6 Å². The van der Waals surface area contributed by atoms with Crippen LogP contribution in [0.4, 0.5) is 0 Å². The number of rotatable bonds is 3. The number of piperidine rings is 1. The Hall–Kier alpha value is -0.170. The van der Waals surface area contributed by atoms with E-state index in [1.165, 1.54) is 0 Å². The lowest BCUT2D eigenvalue weighted by Crippen LogP contribution is -2.48. The quantitative estimate of drug-likeness (QED) is 0.731. The fourth-order valence-corrected chi connectivity index (χ4v) is 4.75. The molecule has 0 radical (unpaired) electrons. The molecule has 0 aromatic carbocycles. The molecule has 2 N–H and O–H groups in total. The van der Waals surface area contributed by atoms with Gasteiger partial charge in [0.1, 0.15) is 0 Å². The van der Waals surface area contributed by atoms with Gasteiger partial charge in [-0.2, -0.15) is 0 Å². The second-order valence-corrected chi connectivity index (χ2v) is 7.37. The van der Waals surface area contributed by atoms with Crippen molar-refractivity contribution in [3.63, 3.8) is 0 Å². The van der Waals surface area contributed by atoms with E-state index in [1.807, 2.05) is 0 Å². The van der Waals surface area contributed by atoms with E-state index in [2.05, 4.69) is 5.32 Å². The Kier molecular flexibility index (Phi) is 4.07. The lowest BCUT2D eigenvalue weighted by molar-refractivity contribution is 0.0316. The summed E-state index contributed by atoms with van der Waals surface area (Å²) in [7, 11) is -3.20. The zero-order valence-electron chi connectivity index (χ0n) is 10.0. The predicted molar refractivity (Wildman–Crippen MR) is 64.7 cm³/mol. The number of hydrogen-bond donors (Lipinski definition) is 2. The summed E-state index contributed by atoms with van der Waals surface area (Å²) in [5, 5.41) is 13.1. The predicted octanol–water partition coefficient (Wildman–Crippen LogP) is -0.305. The summed E-state index contributed by atoms with van der Waals surface area (Å²) in [6.45, 7) is 2.42. The highest BCUT2D eigenvalue weighted by atomic mass is 32.2. The van der Waals surface area contributed by atoms with Crippen molar-refractivity contribution in [3.8, 4) is 0 Å². The van der Waals surface area contributed by atoms with Crippen LogP contribution in [0.1, 0.15) is 25.7 Å². The van der Waals surface area contributed by atoms with Gasteiger partial charge in [-0.25, -0.2) is 8.42 Å². The topological polar surface area (TPSA) is 75.6 Å². The SMILES string of the molecule is O=S(=O)(CC1(O)CCNCC1)C1CCOCC1. The Morgan fingerprint density at radius 2 is 1.82 bits per heavy atom. The number of aliphatic hydroxyl groups is 1. The van der Waals surface area contributed by atoms with Crippen molar-refractivity contribution < 1.29 is 18.3 Å². The van der Waals surface area contributed by atoms with Crippen LogP contribution in [0.3, 0.4) is 0 Å². The molecule has 5 nitrogen and oxygen atoms in total. The number of nitrogens with one attached hydrogen (secondary N) is 1. The maximum absolute atomic E-state index is 12.2. The first-order valence-electron chi connectivity index (χ1n) is 6.24. The van der Waals surface area contributed by atoms with Crippen LogP contribution >= 0.6 is 0 Å². The van der Waals surface area contributed by atoms with Gasteiger partial charge in [-0.15, -0.1) is 0 Å². The largest absolute Gasteiger partial charge is 0.389 e. The van der Waals surface area contributed by atoms with Crippen LogP contribution in [0.2, 0.25) is 0 Å². The van der Waals surface area contributed by atoms with E-state index in [0.29, 0.717) is 52.0 Å². The molecule has 0 unspecified atom stereocenters. The van der Waals surface area contributed by atoms with Crippen molar-refractivity contribution >= 4 is 9.84 Å². The normalized spacial score (nSPS) is 26.9. The molecule has 0 spiro atoms. The van der Waals surface area contributed by atoms with E-state index < -0.39 is 15.4 Å². The van der Waals surface area contributed by atoms with Crippen molar-refractivity contribution in [1.29, 1.82) is 0 Å². The zero-order chi connectivity index (χ0) is 12.4. The molecular weight excluding hydrogens is 242 g/mol. The van der Waals surface area contributed by atoms with Crippen LogP contribution < -0.4 is 5.32 Å². The minimum Gasteiger partial charge on any atom is -0.389 e. The van der Waals surface area contributed by atoms with Gasteiger partial charge in [0, 0.05) is 13.2 Å². The van der Waals surface area contributed by atoms with Gasteiger partial charge in [-0.1, -0.05) is 0 Å². The average molecular weight is 263 g/mol. The average Bonchev–Trinajstić information content (AvgIpc) is 2.30. The van der Waals surface area contributed by atoms with E-state index >= 15 is 0 Å². The minimum absolute atomic E-state index is 0.0909. The Labute approximate surface area is 102 Å².